The highest BCUT2D eigenvalue weighted by Gasteiger charge is 2.37. The summed E-state index contributed by atoms with van der Waals surface area (Å²) in [7, 11) is 4.13. The van der Waals surface area contributed by atoms with Crippen LogP contribution in [-0.2, 0) is 4.74 Å². The number of thioether (sulfide) groups is 1. The Balaban J connectivity index is 2.11. The Bertz CT molecular complexity index is 493. The average molecular weight is 308 g/mol. The molecule has 3 unspecified atom stereocenters. The smallest absolute Gasteiger partial charge is 0.190 e. The second-order valence-electron chi connectivity index (χ2n) is 5.31. The molecule has 114 valence electrons. The summed E-state index contributed by atoms with van der Waals surface area (Å²) in [4.78, 5) is 13.5. The van der Waals surface area contributed by atoms with Gasteiger partial charge in [-0.1, -0.05) is 23.8 Å². The van der Waals surface area contributed by atoms with Crippen LogP contribution in [0.25, 0.3) is 10.4 Å². The predicted octanol–water partition coefficient (Wildman–Crippen LogP) is 2.56. The van der Waals surface area contributed by atoms with Crippen molar-refractivity contribution in [1.29, 1.82) is 0 Å². The fourth-order valence-electron chi connectivity index (χ4n) is 2.55. The van der Waals surface area contributed by atoms with Gasteiger partial charge in [-0.15, -0.1) is 0 Å². The summed E-state index contributed by atoms with van der Waals surface area (Å²) in [5.41, 5.74) is 8.44. The van der Waals surface area contributed by atoms with Crippen molar-refractivity contribution in [2.75, 3.05) is 20.6 Å². The minimum Gasteiger partial charge on any atom is -0.363 e. The second kappa shape index (κ2) is 7.61. The molecule has 0 N–H and O–H groups in total. The molecule has 1 saturated heterocycles. The van der Waals surface area contributed by atoms with Gasteiger partial charge in [-0.2, -0.15) is 0 Å². The van der Waals surface area contributed by atoms with E-state index in [4.69, 9.17) is 10.3 Å². The third-order valence-electron chi connectivity index (χ3n) is 3.64. The molecule has 1 fully saturated rings. The van der Waals surface area contributed by atoms with E-state index in [-0.39, 0.29) is 11.5 Å². The molecule has 0 aromatic carbocycles. The first-order valence-corrected chi connectivity index (χ1v) is 7.76. The molecule has 2 heterocycles. The number of hydrogen-bond donors (Lipinski definition) is 0. The Morgan fingerprint density at radius 2 is 2.19 bits per heavy atom. The predicted molar refractivity (Wildman–Crippen MR) is 81.8 cm³/mol. The summed E-state index contributed by atoms with van der Waals surface area (Å²) in [5.74, 6) is 0.330. The zero-order chi connectivity index (χ0) is 15.2. The Labute approximate surface area is 128 Å². The number of hydrogen-bond acceptors (Lipinski definition) is 6. The minimum absolute atomic E-state index is 0.0487. The molecule has 7 nitrogen and oxygen atoms in total. The molecule has 1 aromatic heterocycles. The van der Waals surface area contributed by atoms with E-state index in [9.17, 15) is 0 Å². The van der Waals surface area contributed by atoms with E-state index in [2.05, 4.69) is 45.9 Å². The van der Waals surface area contributed by atoms with Crippen molar-refractivity contribution in [3.8, 4) is 0 Å². The number of nitrogens with zero attached hydrogens (tertiary/aromatic N) is 6. The van der Waals surface area contributed by atoms with E-state index in [1.54, 1.807) is 18.5 Å². The Kier molecular flexibility index (Phi) is 5.81. The lowest BCUT2D eigenvalue weighted by Crippen LogP contribution is -2.48. The van der Waals surface area contributed by atoms with Crippen molar-refractivity contribution in [3.63, 3.8) is 0 Å². The molecule has 4 atom stereocenters. The van der Waals surface area contributed by atoms with Gasteiger partial charge in [-0.25, -0.2) is 9.97 Å². The van der Waals surface area contributed by atoms with Gasteiger partial charge >= 0.3 is 0 Å². The van der Waals surface area contributed by atoms with Crippen LogP contribution in [0.3, 0.4) is 0 Å². The molecular formula is C13H20N6OS. The zero-order valence-corrected chi connectivity index (χ0v) is 13.3. The Morgan fingerprint density at radius 3 is 2.81 bits per heavy atom. The van der Waals surface area contributed by atoms with Gasteiger partial charge in [0.05, 0.1) is 12.6 Å². The van der Waals surface area contributed by atoms with Crippen LogP contribution in [0, 0.1) is 5.92 Å². The second-order valence-corrected chi connectivity index (χ2v) is 6.38. The first kappa shape index (κ1) is 16.0. The molecule has 21 heavy (non-hydrogen) atoms. The molecule has 0 radical (unpaired) electrons. The molecule has 1 aliphatic heterocycles. The third-order valence-corrected chi connectivity index (χ3v) is 4.84. The average Bonchev–Trinajstić information content (AvgIpc) is 2.48. The van der Waals surface area contributed by atoms with Gasteiger partial charge in [-0.3, -0.25) is 0 Å². The van der Waals surface area contributed by atoms with Crippen molar-refractivity contribution >= 4 is 11.8 Å². The van der Waals surface area contributed by atoms with Crippen LogP contribution >= 0.6 is 11.8 Å². The Hall–Kier alpha value is -1.34. The highest BCUT2D eigenvalue weighted by atomic mass is 32.2. The van der Waals surface area contributed by atoms with Gasteiger partial charge in [0.25, 0.3) is 0 Å². The van der Waals surface area contributed by atoms with E-state index in [0.29, 0.717) is 23.7 Å². The largest absolute Gasteiger partial charge is 0.363 e. The van der Waals surface area contributed by atoms with Crippen molar-refractivity contribution in [2.45, 2.75) is 36.1 Å². The SMILES string of the molecule is CC1C(N(C)C)CC(CN=[N+]=[N-])O[C@H]1Sc1ncccn1. The highest BCUT2D eigenvalue weighted by molar-refractivity contribution is 7.99. The van der Waals surface area contributed by atoms with Gasteiger partial charge in [-0.05, 0) is 32.1 Å². The first-order valence-electron chi connectivity index (χ1n) is 6.88. The zero-order valence-electron chi connectivity index (χ0n) is 12.5. The van der Waals surface area contributed by atoms with Crippen molar-refractivity contribution in [1.82, 2.24) is 14.9 Å². The molecule has 0 spiro atoms. The highest BCUT2D eigenvalue weighted by Crippen LogP contribution is 2.36. The van der Waals surface area contributed by atoms with Crippen LogP contribution in [-0.4, -0.2) is 53.1 Å². The summed E-state index contributed by atoms with van der Waals surface area (Å²) in [6.45, 7) is 2.54. The molecule has 1 aromatic rings. The van der Waals surface area contributed by atoms with Crippen LogP contribution in [0.15, 0.2) is 28.7 Å². The maximum absolute atomic E-state index is 8.49. The summed E-state index contributed by atoms with van der Waals surface area (Å²) < 4.78 is 6.08. The number of azide groups is 1. The number of ether oxygens (including phenoxy) is 1. The van der Waals surface area contributed by atoms with E-state index in [1.165, 1.54) is 11.8 Å². The third kappa shape index (κ3) is 4.31. The molecule has 0 saturated carbocycles. The fraction of sp³-hybridized carbons (Fsp3) is 0.692. The van der Waals surface area contributed by atoms with Gasteiger partial charge in [0.2, 0.25) is 0 Å². The fourth-order valence-corrected chi connectivity index (χ4v) is 3.61. The van der Waals surface area contributed by atoms with Gasteiger partial charge < -0.3 is 9.64 Å². The lowest BCUT2D eigenvalue weighted by Gasteiger charge is -2.42. The molecule has 1 aliphatic rings. The number of rotatable bonds is 5. The van der Waals surface area contributed by atoms with Crippen molar-refractivity contribution < 1.29 is 4.74 Å². The van der Waals surface area contributed by atoms with Gasteiger partial charge in [0.15, 0.2) is 5.16 Å². The van der Waals surface area contributed by atoms with Crippen molar-refractivity contribution in [2.24, 2.45) is 11.0 Å². The normalized spacial score (nSPS) is 29.1. The summed E-state index contributed by atoms with van der Waals surface area (Å²) >= 11 is 1.53. The topological polar surface area (TPSA) is 87.0 Å². The summed E-state index contributed by atoms with van der Waals surface area (Å²) in [6.07, 6.45) is 4.25. The summed E-state index contributed by atoms with van der Waals surface area (Å²) in [5, 5.41) is 4.36. The molecular weight excluding hydrogens is 288 g/mol. The standard InChI is InChI=1S/C13H20N6OS/c1-9-11(19(2)3)7-10(8-17-18-14)20-12(9)21-13-15-5-4-6-16-13/h4-6,9-12H,7-8H2,1-3H3/t9?,10?,11?,12-/m0/s1. The lowest BCUT2D eigenvalue weighted by molar-refractivity contribution is -0.0629. The van der Waals surface area contributed by atoms with E-state index < -0.39 is 0 Å². The van der Waals surface area contributed by atoms with E-state index in [0.717, 1.165) is 6.42 Å². The molecule has 2 rings (SSSR count). The lowest BCUT2D eigenvalue weighted by atomic mass is 9.92. The van der Waals surface area contributed by atoms with Gasteiger partial charge in [0, 0.05) is 29.3 Å². The quantitative estimate of drug-likeness (QED) is 0.361. The first-order chi connectivity index (χ1) is 10.1. The van der Waals surface area contributed by atoms with E-state index in [1.807, 2.05) is 0 Å². The Morgan fingerprint density at radius 1 is 1.48 bits per heavy atom. The monoisotopic (exact) mass is 308 g/mol. The van der Waals surface area contributed by atoms with Gasteiger partial charge in [0.1, 0.15) is 5.44 Å². The molecule has 0 bridgehead atoms. The molecule has 0 amide bonds. The van der Waals surface area contributed by atoms with E-state index >= 15 is 0 Å². The molecule has 0 aliphatic carbocycles. The van der Waals surface area contributed by atoms with Crippen LogP contribution < -0.4 is 0 Å². The number of aromatic nitrogens is 2. The summed E-state index contributed by atoms with van der Waals surface area (Å²) in [6, 6.07) is 2.17. The van der Waals surface area contributed by atoms with Crippen LogP contribution in [0.4, 0.5) is 0 Å². The van der Waals surface area contributed by atoms with Crippen LogP contribution in [0.1, 0.15) is 13.3 Å². The minimum atomic E-state index is -0.0642. The maximum atomic E-state index is 8.49. The van der Waals surface area contributed by atoms with Crippen molar-refractivity contribution in [3.05, 3.63) is 28.9 Å². The van der Waals surface area contributed by atoms with Crippen LogP contribution in [0.2, 0.25) is 0 Å². The molecule has 8 heteroatoms. The van der Waals surface area contributed by atoms with Crippen LogP contribution in [0.5, 0.6) is 0 Å². The maximum Gasteiger partial charge on any atom is 0.190 e.